The minimum Gasteiger partial charge on any atom is -0.368 e. The van der Waals surface area contributed by atoms with Crippen molar-refractivity contribution in [1.29, 1.82) is 0 Å². The molecule has 0 aromatic carbocycles. The molecule has 0 fully saturated rings. The van der Waals surface area contributed by atoms with Crippen molar-refractivity contribution in [2.75, 3.05) is 6.54 Å². The van der Waals surface area contributed by atoms with Crippen LogP contribution in [0.2, 0.25) is 0 Å². The summed E-state index contributed by atoms with van der Waals surface area (Å²) in [5.41, 5.74) is 10.4. The Morgan fingerprint density at radius 3 is 2.58 bits per heavy atom. The van der Waals surface area contributed by atoms with Crippen molar-refractivity contribution >= 4 is 5.91 Å². The van der Waals surface area contributed by atoms with Crippen LogP contribution in [0.15, 0.2) is 0 Å². The van der Waals surface area contributed by atoms with Crippen molar-refractivity contribution in [1.82, 2.24) is 5.32 Å². The molecule has 4 heteroatoms. The van der Waals surface area contributed by atoms with Crippen molar-refractivity contribution in [2.45, 2.75) is 38.8 Å². The Hall–Kier alpha value is -0.610. The zero-order valence-electron chi connectivity index (χ0n) is 7.84. The van der Waals surface area contributed by atoms with E-state index >= 15 is 0 Å². The van der Waals surface area contributed by atoms with Gasteiger partial charge in [0, 0.05) is 12.6 Å². The lowest BCUT2D eigenvalue weighted by molar-refractivity contribution is -0.119. The van der Waals surface area contributed by atoms with E-state index in [1.807, 2.05) is 0 Å². The Balaban J connectivity index is 3.46. The van der Waals surface area contributed by atoms with Crippen molar-refractivity contribution in [3.05, 3.63) is 0 Å². The zero-order chi connectivity index (χ0) is 9.56. The van der Waals surface area contributed by atoms with Crippen molar-refractivity contribution in [3.63, 3.8) is 0 Å². The molecule has 0 heterocycles. The van der Waals surface area contributed by atoms with Gasteiger partial charge in [0.15, 0.2) is 0 Å². The molecule has 0 rings (SSSR count). The molecule has 0 aromatic heterocycles. The fourth-order valence-electron chi connectivity index (χ4n) is 0.964. The number of primary amides is 1. The largest absolute Gasteiger partial charge is 0.368 e. The summed E-state index contributed by atoms with van der Waals surface area (Å²) < 4.78 is 0. The highest BCUT2D eigenvalue weighted by molar-refractivity contribution is 5.79. The van der Waals surface area contributed by atoms with E-state index in [1.54, 1.807) is 0 Å². The molecule has 0 spiro atoms. The molecule has 0 saturated carbocycles. The van der Waals surface area contributed by atoms with Crippen LogP contribution in [0.1, 0.15) is 26.7 Å². The number of carbonyl (C=O) groups is 1. The molecule has 0 bridgehead atoms. The first kappa shape index (κ1) is 11.4. The number of hydrogen-bond acceptors (Lipinski definition) is 3. The molecule has 12 heavy (non-hydrogen) atoms. The van der Waals surface area contributed by atoms with Crippen LogP contribution in [-0.4, -0.2) is 24.5 Å². The van der Waals surface area contributed by atoms with Crippen LogP contribution < -0.4 is 16.8 Å². The number of nitrogens with one attached hydrogen (secondary N) is 1. The highest BCUT2D eigenvalue weighted by atomic mass is 16.1. The van der Waals surface area contributed by atoms with Crippen LogP contribution in [0.5, 0.6) is 0 Å². The van der Waals surface area contributed by atoms with Crippen LogP contribution in [0.3, 0.4) is 0 Å². The summed E-state index contributed by atoms with van der Waals surface area (Å²) in [4.78, 5) is 10.5. The minimum atomic E-state index is -0.565. The SMILES string of the molecule is CCCC(C)NCC(N)C(N)=O. The van der Waals surface area contributed by atoms with Gasteiger partial charge in [0.2, 0.25) is 5.91 Å². The summed E-state index contributed by atoms with van der Waals surface area (Å²) >= 11 is 0. The van der Waals surface area contributed by atoms with Crippen LogP contribution in [0.25, 0.3) is 0 Å². The Kier molecular flexibility index (Phi) is 5.66. The number of hydrogen-bond donors (Lipinski definition) is 3. The first-order chi connectivity index (χ1) is 5.57. The van der Waals surface area contributed by atoms with E-state index in [9.17, 15) is 4.79 Å². The third kappa shape index (κ3) is 5.09. The Morgan fingerprint density at radius 2 is 2.17 bits per heavy atom. The van der Waals surface area contributed by atoms with Crippen molar-refractivity contribution in [2.24, 2.45) is 11.5 Å². The lowest BCUT2D eigenvalue weighted by atomic mass is 10.2. The molecule has 1 amide bonds. The minimum absolute atomic E-state index is 0.403. The molecule has 4 nitrogen and oxygen atoms in total. The van der Waals surface area contributed by atoms with E-state index in [-0.39, 0.29) is 0 Å². The Morgan fingerprint density at radius 1 is 1.58 bits per heavy atom. The van der Waals surface area contributed by atoms with Gasteiger partial charge in [-0.1, -0.05) is 13.3 Å². The van der Waals surface area contributed by atoms with E-state index in [2.05, 4.69) is 19.2 Å². The van der Waals surface area contributed by atoms with Gasteiger partial charge < -0.3 is 16.8 Å². The molecule has 0 aromatic rings. The molecule has 2 atom stereocenters. The van der Waals surface area contributed by atoms with Gasteiger partial charge in [-0.05, 0) is 13.3 Å². The van der Waals surface area contributed by atoms with Crippen LogP contribution in [0, 0.1) is 0 Å². The fraction of sp³-hybridized carbons (Fsp3) is 0.875. The normalized spacial score (nSPS) is 15.6. The topological polar surface area (TPSA) is 81.1 Å². The maximum Gasteiger partial charge on any atom is 0.235 e. The predicted molar refractivity (Wildman–Crippen MR) is 49.5 cm³/mol. The molecular formula is C8H19N3O. The second-order valence-electron chi connectivity index (χ2n) is 3.11. The third-order valence-electron chi connectivity index (χ3n) is 1.77. The van der Waals surface area contributed by atoms with Crippen LogP contribution in [0.4, 0.5) is 0 Å². The van der Waals surface area contributed by atoms with E-state index in [1.165, 1.54) is 0 Å². The monoisotopic (exact) mass is 173 g/mol. The summed E-state index contributed by atoms with van der Waals surface area (Å²) in [5.74, 6) is -0.453. The van der Waals surface area contributed by atoms with Gasteiger partial charge in [-0.2, -0.15) is 0 Å². The lowest BCUT2D eigenvalue weighted by Gasteiger charge is -2.14. The summed E-state index contributed by atoms with van der Waals surface area (Å²) in [6, 6.07) is -0.162. The quantitative estimate of drug-likeness (QED) is 0.510. The summed E-state index contributed by atoms with van der Waals surface area (Å²) in [6.45, 7) is 4.65. The summed E-state index contributed by atoms with van der Waals surface area (Å²) in [7, 11) is 0. The van der Waals surface area contributed by atoms with Gasteiger partial charge >= 0.3 is 0 Å². The summed E-state index contributed by atoms with van der Waals surface area (Å²) in [5, 5.41) is 3.14. The van der Waals surface area contributed by atoms with Gasteiger partial charge in [-0.25, -0.2) is 0 Å². The molecule has 2 unspecified atom stereocenters. The van der Waals surface area contributed by atoms with Crippen molar-refractivity contribution in [3.8, 4) is 0 Å². The van der Waals surface area contributed by atoms with E-state index < -0.39 is 11.9 Å². The number of nitrogens with two attached hydrogens (primary N) is 2. The average molecular weight is 173 g/mol. The van der Waals surface area contributed by atoms with Gasteiger partial charge in [0.05, 0.1) is 6.04 Å². The molecule has 0 radical (unpaired) electrons. The van der Waals surface area contributed by atoms with Gasteiger partial charge in [0.25, 0.3) is 0 Å². The maximum absolute atomic E-state index is 10.5. The molecule has 0 aliphatic heterocycles. The Bertz CT molecular complexity index is 138. The molecule has 0 aliphatic carbocycles. The second-order valence-corrected chi connectivity index (χ2v) is 3.11. The van der Waals surface area contributed by atoms with E-state index in [4.69, 9.17) is 11.5 Å². The summed E-state index contributed by atoms with van der Waals surface area (Å²) in [6.07, 6.45) is 2.21. The number of amides is 1. The second kappa shape index (κ2) is 5.97. The van der Waals surface area contributed by atoms with Crippen molar-refractivity contribution < 1.29 is 4.79 Å². The maximum atomic E-state index is 10.5. The average Bonchev–Trinajstić information content (AvgIpc) is 2.00. The molecular weight excluding hydrogens is 154 g/mol. The van der Waals surface area contributed by atoms with Gasteiger partial charge in [0.1, 0.15) is 0 Å². The van der Waals surface area contributed by atoms with Crippen LogP contribution >= 0.6 is 0 Å². The van der Waals surface area contributed by atoms with Gasteiger partial charge in [-0.3, -0.25) is 4.79 Å². The van der Waals surface area contributed by atoms with E-state index in [0.717, 1.165) is 12.8 Å². The standard InChI is InChI=1S/C8H19N3O/c1-3-4-6(2)11-5-7(9)8(10)12/h6-7,11H,3-5,9H2,1-2H3,(H2,10,12). The van der Waals surface area contributed by atoms with Crippen LogP contribution in [-0.2, 0) is 4.79 Å². The predicted octanol–water partition coefficient (Wildman–Crippen LogP) is -0.423. The Labute approximate surface area is 73.7 Å². The molecule has 72 valence electrons. The lowest BCUT2D eigenvalue weighted by Crippen LogP contribution is -2.46. The highest BCUT2D eigenvalue weighted by Crippen LogP contribution is 1.93. The molecule has 5 N–H and O–H groups in total. The fourth-order valence-corrected chi connectivity index (χ4v) is 0.964. The smallest absolute Gasteiger partial charge is 0.235 e. The number of carbonyl (C=O) groups excluding carboxylic acids is 1. The van der Waals surface area contributed by atoms with E-state index in [0.29, 0.717) is 12.6 Å². The third-order valence-corrected chi connectivity index (χ3v) is 1.77. The molecule has 0 saturated heterocycles. The zero-order valence-corrected chi connectivity index (χ0v) is 7.84. The first-order valence-corrected chi connectivity index (χ1v) is 4.36. The first-order valence-electron chi connectivity index (χ1n) is 4.36. The molecule has 0 aliphatic rings. The number of rotatable bonds is 6. The van der Waals surface area contributed by atoms with Gasteiger partial charge in [-0.15, -0.1) is 0 Å². The highest BCUT2D eigenvalue weighted by Gasteiger charge is 2.09.